The van der Waals surface area contributed by atoms with Gasteiger partial charge in [-0.1, -0.05) is 11.6 Å². The molecule has 0 saturated carbocycles. The molecule has 17 heavy (non-hydrogen) atoms. The summed E-state index contributed by atoms with van der Waals surface area (Å²) in [4.78, 5) is 2.26. The summed E-state index contributed by atoms with van der Waals surface area (Å²) < 4.78 is 5.41. The lowest BCUT2D eigenvalue weighted by atomic mass is 10.1. The number of aliphatic hydroxyl groups excluding tert-OH is 1. The minimum absolute atomic E-state index is 0.0179. The Morgan fingerprint density at radius 2 is 2.35 bits per heavy atom. The van der Waals surface area contributed by atoms with Gasteiger partial charge in [0.05, 0.1) is 12.7 Å². The van der Waals surface area contributed by atoms with Crippen LogP contribution < -0.4 is 4.90 Å². The van der Waals surface area contributed by atoms with E-state index in [9.17, 15) is 5.11 Å². The van der Waals surface area contributed by atoms with Crippen molar-refractivity contribution in [3.63, 3.8) is 0 Å². The molecule has 1 unspecified atom stereocenters. The number of piperidine rings is 1. The summed E-state index contributed by atoms with van der Waals surface area (Å²) in [6.45, 7) is 1.91. The van der Waals surface area contributed by atoms with Gasteiger partial charge in [0.2, 0.25) is 0 Å². The van der Waals surface area contributed by atoms with Crippen LogP contribution in [0.4, 0.5) is 5.69 Å². The van der Waals surface area contributed by atoms with Gasteiger partial charge >= 0.3 is 0 Å². The zero-order valence-corrected chi connectivity index (χ0v) is 10.8. The molecule has 1 heterocycles. The number of methoxy groups -OCH3 is 1. The van der Waals surface area contributed by atoms with E-state index in [2.05, 4.69) is 4.90 Å². The van der Waals surface area contributed by atoms with Gasteiger partial charge in [0.25, 0.3) is 0 Å². The highest BCUT2D eigenvalue weighted by Crippen LogP contribution is 2.27. The van der Waals surface area contributed by atoms with E-state index >= 15 is 0 Å². The van der Waals surface area contributed by atoms with E-state index in [1.165, 1.54) is 0 Å². The first kappa shape index (κ1) is 12.7. The van der Waals surface area contributed by atoms with Crippen LogP contribution in [-0.2, 0) is 11.3 Å². The number of aliphatic hydroxyl groups is 1. The highest BCUT2D eigenvalue weighted by atomic mass is 35.5. The molecule has 0 aromatic heterocycles. The highest BCUT2D eigenvalue weighted by Gasteiger charge is 2.21. The molecule has 1 N–H and O–H groups in total. The third-order valence-electron chi connectivity index (χ3n) is 3.26. The van der Waals surface area contributed by atoms with Crippen molar-refractivity contribution in [2.45, 2.75) is 25.6 Å². The second-order valence-corrected chi connectivity index (χ2v) is 4.81. The normalized spacial score (nSPS) is 20.6. The maximum atomic E-state index is 9.38. The average molecular weight is 256 g/mol. The fourth-order valence-corrected chi connectivity index (χ4v) is 2.53. The zero-order valence-electron chi connectivity index (χ0n) is 10.0. The first-order valence-corrected chi connectivity index (χ1v) is 6.29. The van der Waals surface area contributed by atoms with Crippen LogP contribution in [0.15, 0.2) is 18.2 Å². The van der Waals surface area contributed by atoms with Crippen molar-refractivity contribution in [2.24, 2.45) is 0 Å². The molecule has 4 heteroatoms. The van der Waals surface area contributed by atoms with Crippen molar-refractivity contribution in [1.29, 1.82) is 0 Å². The molecule has 0 bridgehead atoms. The summed E-state index contributed by atoms with van der Waals surface area (Å²) in [5.74, 6) is 0. The van der Waals surface area contributed by atoms with Crippen LogP contribution in [0.2, 0.25) is 5.02 Å². The predicted molar refractivity (Wildman–Crippen MR) is 69.6 cm³/mol. The molecule has 0 amide bonds. The number of hydrogen-bond donors (Lipinski definition) is 1. The van der Waals surface area contributed by atoms with Crippen molar-refractivity contribution in [1.82, 2.24) is 0 Å². The molecule has 1 aliphatic rings. The molecule has 1 aromatic rings. The van der Waals surface area contributed by atoms with E-state index in [1.807, 2.05) is 18.2 Å². The number of nitrogens with zero attached hydrogens (tertiary/aromatic N) is 1. The van der Waals surface area contributed by atoms with Gasteiger partial charge in [-0.3, -0.25) is 0 Å². The molecular formula is C13H18ClNO2. The maximum Gasteiger partial charge on any atom is 0.0746 e. The van der Waals surface area contributed by atoms with E-state index in [0.29, 0.717) is 5.02 Å². The van der Waals surface area contributed by atoms with Crippen molar-refractivity contribution >= 4 is 17.3 Å². The van der Waals surface area contributed by atoms with Gasteiger partial charge in [0, 0.05) is 36.5 Å². The maximum absolute atomic E-state index is 9.38. The largest absolute Gasteiger partial charge is 0.392 e. The smallest absolute Gasteiger partial charge is 0.0746 e. The van der Waals surface area contributed by atoms with Crippen LogP contribution in [0, 0.1) is 0 Å². The van der Waals surface area contributed by atoms with Gasteiger partial charge in [-0.15, -0.1) is 0 Å². The van der Waals surface area contributed by atoms with E-state index in [-0.39, 0.29) is 12.7 Å². The summed E-state index contributed by atoms with van der Waals surface area (Å²) >= 11 is 5.94. The van der Waals surface area contributed by atoms with Crippen molar-refractivity contribution in [2.75, 3.05) is 25.1 Å². The number of benzene rings is 1. The highest BCUT2D eigenvalue weighted by molar-refractivity contribution is 6.30. The van der Waals surface area contributed by atoms with Crippen molar-refractivity contribution in [3.8, 4) is 0 Å². The Bertz CT molecular complexity index is 384. The van der Waals surface area contributed by atoms with Crippen LogP contribution in [0.5, 0.6) is 0 Å². The summed E-state index contributed by atoms with van der Waals surface area (Å²) in [5.41, 5.74) is 1.95. The fraction of sp³-hybridized carbons (Fsp3) is 0.538. The van der Waals surface area contributed by atoms with Gasteiger partial charge in [-0.05, 0) is 31.0 Å². The molecule has 1 aliphatic heterocycles. The van der Waals surface area contributed by atoms with Crippen LogP contribution >= 0.6 is 11.6 Å². The Morgan fingerprint density at radius 3 is 3.06 bits per heavy atom. The Hall–Kier alpha value is -0.770. The number of rotatable bonds is 3. The lowest BCUT2D eigenvalue weighted by Crippen LogP contribution is -2.39. The van der Waals surface area contributed by atoms with Crippen LogP contribution in [0.1, 0.15) is 18.4 Å². The molecule has 1 aromatic carbocycles. The Balaban J connectivity index is 2.20. The first-order valence-electron chi connectivity index (χ1n) is 5.91. The third-order valence-corrected chi connectivity index (χ3v) is 3.50. The molecule has 0 aliphatic carbocycles. The van der Waals surface area contributed by atoms with Crippen LogP contribution in [0.25, 0.3) is 0 Å². The van der Waals surface area contributed by atoms with E-state index in [4.69, 9.17) is 16.3 Å². The van der Waals surface area contributed by atoms with Crippen LogP contribution in [0.3, 0.4) is 0 Å². The van der Waals surface area contributed by atoms with Gasteiger partial charge in [-0.2, -0.15) is 0 Å². The molecule has 1 atom stereocenters. The monoisotopic (exact) mass is 255 g/mol. The summed E-state index contributed by atoms with van der Waals surface area (Å²) in [6, 6.07) is 5.67. The molecule has 0 spiro atoms. The van der Waals surface area contributed by atoms with E-state index in [1.54, 1.807) is 7.11 Å². The van der Waals surface area contributed by atoms with Gasteiger partial charge in [0.15, 0.2) is 0 Å². The zero-order chi connectivity index (χ0) is 12.3. The quantitative estimate of drug-likeness (QED) is 0.901. The van der Waals surface area contributed by atoms with Crippen LogP contribution in [-0.4, -0.2) is 31.4 Å². The summed E-state index contributed by atoms with van der Waals surface area (Å²) in [7, 11) is 1.75. The molecular weight excluding hydrogens is 238 g/mol. The number of ether oxygens (including phenoxy) is 1. The molecule has 3 nitrogen and oxygen atoms in total. The lowest BCUT2D eigenvalue weighted by Gasteiger charge is -2.34. The lowest BCUT2D eigenvalue weighted by molar-refractivity contribution is 0.0892. The van der Waals surface area contributed by atoms with E-state index in [0.717, 1.165) is 37.2 Å². The predicted octanol–water partition coefficient (Wildman–Crippen LogP) is 2.45. The number of halogens is 1. The van der Waals surface area contributed by atoms with Gasteiger partial charge in [0.1, 0.15) is 0 Å². The van der Waals surface area contributed by atoms with Crippen molar-refractivity contribution in [3.05, 3.63) is 28.8 Å². The SMILES string of the molecule is COC1CCCN(c2ccc(Cl)cc2CO)C1. The molecule has 1 fully saturated rings. The topological polar surface area (TPSA) is 32.7 Å². The minimum atomic E-state index is 0.0179. The van der Waals surface area contributed by atoms with E-state index < -0.39 is 0 Å². The Morgan fingerprint density at radius 1 is 1.53 bits per heavy atom. The van der Waals surface area contributed by atoms with Crippen molar-refractivity contribution < 1.29 is 9.84 Å². The fourth-order valence-electron chi connectivity index (χ4n) is 2.34. The Labute approximate surface area is 107 Å². The minimum Gasteiger partial charge on any atom is -0.392 e. The second kappa shape index (κ2) is 5.71. The third kappa shape index (κ3) is 2.92. The Kier molecular flexibility index (Phi) is 4.26. The second-order valence-electron chi connectivity index (χ2n) is 4.38. The molecule has 94 valence electrons. The number of anilines is 1. The average Bonchev–Trinajstić information content (AvgIpc) is 2.38. The summed E-state index contributed by atoms with van der Waals surface area (Å²) in [6.07, 6.45) is 2.51. The standard InChI is InChI=1S/C13H18ClNO2/c1-17-12-3-2-6-15(8-12)13-5-4-11(14)7-10(13)9-16/h4-5,7,12,16H,2-3,6,8-9H2,1H3. The molecule has 1 saturated heterocycles. The van der Waals surface area contributed by atoms with Gasteiger partial charge in [-0.25, -0.2) is 0 Å². The summed E-state index contributed by atoms with van der Waals surface area (Å²) in [5, 5.41) is 10.0. The number of hydrogen-bond acceptors (Lipinski definition) is 3. The van der Waals surface area contributed by atoms with Gasteiger partial charge < -0.3 is 14.7 Å². The molecule has 0 radical (unpaired) electrons. The first-order chi connectivity index (χ1) is 8.24. The molecule has 2 rings (SSSR count).